The normalized spacial score (nSPS) is 36.9. The molecule has 20 heavy (non-hydrogen) atoms. The van der Waals surface area contributed by atoms with Crippen LogP contribution in [0.2, 0.25) is 0 Å². The van der Waals surface area contributed by atoms with E-state index in [9.17, 15) is 14.7 Å². The van der Waals surface area contributed by atoms with Gasteiger partial charge < -0.3 is 9.84 Å². The third kappa shape index (κ3) is 2.44. The van der Waals surface area contributed by atoms with Crippen molar-refractivity contribution in [2.75, 3.05) is 0 Å². The van der Waals surface area contributed by atoms with Crippen molar-refractivity contribution in [1.29, 1.82) is 0 Å². The van der Waals surface area contributed by atoms with Gasteiger partial charge in [0.25, 0.3) is 0 Å². The molecule has 1 saturated carbocycles. The third-order valence-electron chi connectivity index (χ3n) is 4.67. The van der Waals surface area contributed by atoms with Crippen molar-refractivity contribution in [3.63, 3.8) is 0 Å². The maximum absolute atomic E-state index is 12.1. The second-order valence-electron chi connectivity index (χ2n) is 6.10. The molecule has 1 fully saturated rings. The number of ether oxygens (including phenoxy) is 1. The maximum Gasteiger partial charge on any atom is 0.303 e. The molecule has 0 aromatic carbocycles. The minimum absolute atomic E-state index is 0.221. The molecule has 110 valence electrons. The van der Waals surface area contributed by atoms with E-state index in [1.807, 2.05) is 6.92 Å². The van der Waals surface area contributed by atoms with Gasteiger partial charge in [0.05, 0.1) is 5.60 Å². The Bertz CT molecular complexity index is 491. The van der Waals surface area contributed by atoms with E-state index in [1.54, 1.807) is 6.92 Å². The number of hydrogen-bond acceptors (Lipinski definition) is 4. The van der Waals surface area contributed by atoms with Crippen LogP contribution >= 0.6 is 0 Å². The van der Waals surface area contributed by atoms with Crippen LogP contribution in [0.15, 0.2) is 23.8 Å². The van der Waals surface area contributed by atoms with Gasteiger partial charge in [-0.1, -0.05) is 19.1 Å². The average molecular weight is 278 g/mol. The minimum Gasteiger partial charge on any atom is -0.454 e. The van der Waals surface area contributed by atoms with E-state index in [1.165, 1.54) is 13.0 Å². The molecule has 0 spiro atoms. The molecule has 2 aliphatic rings. The van der Waals surface area contributed by atoms with Crippen molar-refractivity contribution in [2.45, 2.75) is 51.7 Å². The van der Waals surface area contributed by atoms with Gasteiger partial charge in [-0.3, -0.25) is 9.59 Å². The Morgan fingerprint density at radius 1 is 1.50 bits per heavy atom. The largest absolute Gasteiger partial charge is 0.454 e. The monoisotopic (exact) mass is 278 g/mol. The number of rotatable bonds is 2. The van der Waals surface area contributed by atoms with Gasteiger partial charge in [0.2, 0.25) is 0 Å². The molecular formula is C16H22O4. The first-order valence-corrected chi connectivity index (χ1v) is 7.05. The first kappa shape index (κ1) is 15.0. The van der Waals surface area contributed by atoms with Crippen LogP contribution in [0.25, 0.3) is 0 Å². The number of carbonyl (C=O) groups is 2. The molecule has 0 heterocycles. The summed E-state index contributed by atoms with van der Waals surface area (Å²) in [6.45, 7) is 8.99. The SMILES string of the molecule is C=C(C)[C@H]1CCC2=CC(=O)[C@@H](OC(C)=O)[C@H](C)[C@@]2(O)C1. The summed E-state index contributed by atoms with van der Waals surface area (Å²) in [5.74, 6) is -0.907. The Labute approximate surface area is 119 Å². The average Bonchev–Trinajstić information content (AvgIpc) is 2.35. The van der Waals surface area contributed by atoms with E-state index >= 15 is 0 Å². The summed E-state index contributed by atoms with van der Waals surface area (Å²) in [5.41, 5.74) is 0.747. The Balaban J connectivity index is 2.33. The molecule has 0 radical (unpaired) electrons. The van der Waals surface area contributed by atoms with Crippen LogP contribution in [0.3, 0.4) is 0 Å². The number of fused-ring (bicyclic) bond motifs is 1. The highest BCUT2D eigenvalue weighted by Crippen LogP contribution is 2.47. The lowest BCUT2D eigenvalue weighted by molar-refractivity contribution is -0.163. The Morgan fingerprint density at radius 3 is 2.70 bits per heavy atom. The van der Waals surface area contributed by atoms with Crippen LogP contribution in [0.5, 0.6) is 0 Å². The van der Waals surface area contributed by atoms with Gasteiger partial charge in [0, 0.05) is 12.8 Å². The molecule has 4 atom stereocenters. The zero-order valence-electron chi connectivity index (χ0n) is 12.3. The number of ketones is 1. The summed E-state index contributed by atoms with van der Waals surface area (Å²) in [4.78, 5) is 23.2. The van der Waals surface area contributed by atoms with Gasteiger partial charge in [-0.25, -0.2) is 0 Å². The van der Waals surface area contributed by atoms with Gasteiger partial charge in [-0.2, -0.15) is 0 Å². The summed E-state index contributed by atoms with van der Waals surface area (Å²) < 4.78 is 5.11. The van der Waals surface area contributed by atoms with Crippen LogP contribution < -0.4 is 0 Å². The Hall–Kier alpha value is -1.42. The molecule has 0 aromatic rings. The lowest BCUT2D eigenvalue weighted by atomic mass is 9.63. The van der Waals surface area contributed by atoms with Gasteiger partial charge in [0.1, 0.15) is 0 Å². The predicted molar refractivity (Wildman–Crippen MR) is 74.9 cm³/mol. The number of hydrogen-bond donors (Lipinski definition) is 1. The zero-order chi connectivity index (χ0) is 15.1. The second-order valence-corrected chi connectivity index (χ2v) is 6.10. The van der Waals surface area contributed by atoms with Crippen molar-refractivity contribution in [3.05, 3.63) is 23.8 Å². The first-order valence-electron chi connectivity index (χ1n) is 7.05. The highest BCUT2D eigenvalue weighted by atomic mass is 16.5. The number of aliphatic hydroxyl groups is 1. The standard InChI is InChI=1S/C16H22O4/c1-9(2)12-5-6-13-7-14(18)15(20-11(4)17)10(3)16(13,19)8-12/h7,10,12,15,19H,1,5-6,8H2,2-4H3/t10-,12-,15-,16-/m0/s1. The summed E-state index contributed by atoms with van der Waals surface area (Å²) >= 11 is 0. The number of esters is 1. The predicted octanol–water partition coefficient (Wildman–Crippen LogP) is 2.17. The van der Waals surface area contributed by atoms with E-state index in [4.69, 9.17) is 4.74 Å². The van der Waals surface area contributed by atoms with E-state index in [2.05, 4.69) is 6.58 Å². The molecule has 0 saturated heterocycles. The fourth-order valence-electron chi connectivity index (χ4n) is 3.34. The van der Waals surface area contributed by atoms with E-state index < -0.39 is 23.6 Å². The first-order chi connectivity index (χ1) is 9.25. The molecule has 1 N–H and O–H groups in total. The molecule has 0 aromatic heterocycles. The summed E-state index contributed by atoms with van der Waals surface area (Å²) in [7, 11) is 0. The molecule has 2 aliphatic carbocycles. The van der Waals surface area contributed by atoms with Crippen LogP contribution in [0, 0.1) is 11.8 Å². The van der Waals surface area contributed by atoms with Crippen molar-refractivity contribution in [1.82, 2.24) is 0 Å². The van der Waals surface area contributed by atoms with Crippen LogP contribution in [-0.2, 0) is 14.3 Å². The van der Waals surface area contributed by atoms with Gasteiger partial charge >= 0.3 is 5.97 Å². The fraction of sp³-hybridized carbons (Fsp3) is 0.625. The minimum atomic E-state index is -1.07. The smallest absolute Gasteiger partial charge is 0.303 e. The molecule has 0 unspecified atom stereocenters. The Kier molecular flexibility index (Phi) is 3.87. The molecule has 4 nitrogen and oxygen atoms in total. The van der Waals surface area contributed by atoms with E-state index in [0.717, 1.165) is 17.6 Å². The summed E-state index contributed by atoms with van der Waals surface area (Å²) in [6.07, 6.45) is 2.73. The van der Waals surface area contributed by atoms with E-state index in [-0.39, 0.29) is 11.7 Å². The molecule has 0 aliphatic heterocycles. The number of allylic oxidation sites excluding steroid dienone is 1. The number of carbonyl (C=O) groups excluding carboxylic acids is 2. The molecule has 4 heteroatoms. The van der Waals surface area contributed by atoms with Crippen molar-refractivity contribution in [2.24, 2.45) is 11.8 Å². The molecule has 0 bridgehead atoms. The van der Waals surface area contributed by atoms with Crippen molar-refractivity contribution >= 4 is 11.8 Å². The van der Waals surface area contributed by atoms with Crippen molar-refractivity contribution in [3.8, 4) is 0 Å². The molecule has 2 rings (SSSR count). The van der Waals surface area contributed by atoms with Gasteiger partial charge in [0.15, 0.2) is 11.9 Å². The highest BCUT2D eigenvalue weighted by Gasteiger charge is 2.51. The second kappa shape index (κ2) is 5.17. The van der Waals surface area contributed by atoms with Gasteiger partial charge in [-0.15, -0.1) is 0 Å². The lowest BCUT2D eigenvalue weighted by Crippen LogP contribution is -2.54. The topological polar surface area (TPSA) is 63.6 Å². The highest BCUT2D eigenvalue weighted by molar-refractivity contribution is 5.97. The zero-order valence-corrected chi connectivity index (χ0v) is 12.3. The molecular weight excluding hydrogens is 256 g/mol. The van der Waals surface area contributed by atoms with Gasteiger partial charge in [-0.05, 0) is 43.8 Å². The van der Waals surface area contributed by atoms with Crippen molar-refractivity contribution < 1.29 is 19.4 Å². The maximum atomic E-state index is 12.1. The lowest BCUT2D eigenvalue weighted by Gasteiger charge is -2.47. The quantitative estimate of drug-likeness (QED) is 0.621. The Morgan fingerprint density at radius 2 is 2.15 bits per heavy atom. The fourth-order valence-corrected chi connectivity index (χ4v) is 3.34. The van der Waals surface area contributed by atoms with Crippen LogP contribution in [-0.4, -0.2) is 28.6 Å². The third-order valence-corrected chi connectivity index (χ3v) is 4.67. The summed E-state index contributed by atoms with van der Waals surface area (Å²) in [5, 5.41) is 11.0. The van der Waals surface area contributed by atoms with E-state index in [0.29, 0.717) is 12.8 Å². The van der Waals surface area contributed by atoms with Crippen LogP contribution in [0.4, 0.5) is 0 Å². The molecule has 0 amide bonds. The summed E-state index contributed by atoms with van der Waals surface area (Å²) in [6, 6.07) is 0. The van der Waals surface area contributed by atoms with Crippen LogP contribution in [0.1, 0.15) is 40.0 Å².